The van der Waals surface area contributed by atoms with Gasteiger partial charge < -0.3 is 51.6 Å². The van der Waals surface area contributed by atoms with Gasteiger partial charge in [0.05, 0.1) is 25.6 Å². The van der Waals surface area contributed by atoms with E-state index in [2.05, 4.69) is 15.1 Å². The molecule has 2 saturated heterocycles. The van der Waals surface area contributed by atoms with Crippen molar-refractivity contribution in [2.75, 3.05) is 24.7 Å². The molecule has 35 heavy (non-hydrogen) atoms. The number of nitrogens with zero attached hydrogens (tertiary/aromatic N) is 5. The Kier molecular flexibility index (Phi) is 8.07. The number of halogens is 1. The van der Waals surface area contributed by atoms with E-state index < -0.39 is 85.3 Å². The predicted molar refractivity (Wildman–Crippen MR) is 110 cm³/mol. The number of anilines is 2. The minimum atomic E-state index is -1.48. The Bertz CT molecular complexity index is 1150. The molecule has 18 heteroatoms. The summed E-state index contributed by atoms with van der Waals surface area (Å²) in [6.45, 7) is -1.03. The fourth-order valence-corrected chi connectivity index (χ4v) is 3.37. The number of nitrogen functional groups attached to an aromatic ring is 2. The molecule has 0 radical (unpaired) electrons. The molecule has 8 atom stereocenters. The average molecular weight is 505 g/mol. The smallest absolute Gasteiger partial charge is 0.368 e. The van der Waals surface area contributed by atoms with Crippen molar-refractivity contribution in [3.63, 3.8) is 0 Å². The third-order valence-corrected chi connectivity index (χ3v) is 5.22. The van der Waals surface area contributed by atoms with E-state index in [1.54, 1.807) is 0 Å². The van der Waals surface area contributed by atoms with Crippen LogP contribution in [0.5, 0.6) is 0 Å². The number of hydrogen-bond acceptors (Lipinski definition) is 15. The molecule has 2 aliphatic rings. The molecule has 0 unspecified atom stereocenters. The summed E-state index contributed by atoms with van der Waals surface area (Å²) in [6, 6.07) is 0. The maximum atomic E-state index is 13.2. The van der Waals surface area contributed by atoms with Gasteiger partial charge in [0.1, 0.15) is 42.4 Å². The largest absolute Gasteiger partial charge is 0.394 e. The first-order valence-electron chi connectivity index (χ1n) is 10.0. The van der Waals surface area contributed by atoms with Crippen molar-refractivity contribution in [3.05, 3.63) is 39.2 Å². The van der Waals surface area contributed by atoms with E-state index in [0.29, 0.717) is 4.57 Å². The summed E-state index contributed by atoms with van der Waals surface area (Å²) in [5.41, 5.74) is 8.64. The number of rotatable bonds is 4. The van der Waals surface area contributed by atoms with Crippen molar-refractivity contribution in [2.45, 2.75) is 49.1 Å². The quantitative estimate of drug-likeness (QED) is 0.192. The fourth-order valence-electron chi connectivity index (χ4n) is 3.37. The second-order valence-electron chi connectivity index (χ2n) is 7.53. The molecule has 0 aromatic carbocycles. The molecule has 4 rings (SSSR count). The Morgan fingerprint density at radius 3 is 1.94 bits per heavy atom. The summed E-state index contributed by atoms with van der Waals surface area (Å²) in [6.07, 6.45) is -8.23. The highest BCUT2D eigenvalue weighted by Crippen LogP contribution is 2.28. The molecule has 2 aliphatic heterocycles. The van der Waals surface area contributed by atoms with Gasteiger partial charge in [0.2, 0.25) is 0 Å². The van der Waals surface area contributed by atoms with Gasteiger partial charge in [-0.1, -0.05) is 0 Å². The Hall–Kier alpha value is -3.10. The zero-order chi connectivity index (χ0) is 26.0. The molecule has 4 heterocycles. The third kappa shape index (κ3) is 5.28. The first-order chi connectivity index (χ1) is 16.5. The first kappa shape index (κ1) is 26.5. The molecule has 0 amide bonds. The highest BCUT2D eigenvalue weighted by molar-refractivity contribution is 5.26. The van der Waals surface area contributed by atoms with Gasteiger partial charge >= 0.3 is 11.4 Å². The SMILES string of the molecule is Nc1cnn([C@@H]2O[C@H](CO)[C@@H](O)[C@H]2O)c(=O)n1.Nc1nc(=O)n([C@@H]2O[C@H](CO)[C@@H](O)[C@H]2O)cc1F. The lowest BCUT2D eigenvalue weighted by molar-refractivity contribution is -0.0616. The highest BCUT2D eigenvalue weighted by atomic mass is 19.1. The average Bonchev–Trinajstić information content (AvgIpc) is 3.26. The molecule has 0 spiro atoms. The van der Waals surface area contributed by atoms with Crippen LogP contribution in [0.4, 0.5) is 16.0 Å². The maximum Gasteiger partial charge on any atom is 0.368 e. The van der Waals surface area contributed by atoms with Crippen molar-refractivity contribution >= 4 is 11.6 Å². The second-order valence-corrected chi connectivity index (χ2v) is 7.53. The summed E-state index contributed by atoms with van der Waals surface area (Å²) in [4.78, 5) is 29.6. The number of aliphatic hydroxyl groups excluding tert-OH is 6. The molecule has 194 valence electrons. The maximum absolute atomic E-state index is 13.2. The van der Waals surface area contributed by atoms with Gasteiger partial charge in [0.25, 0.3) is 0 Å². The van der Waals surface area contributed by atoms with Gasteiger partial charge in [-0.25, -0.2) is 14.0 Å². The lowest BCUT2D eigenvalue weighted by Crippen LogP contribution is -2.37. The van der Waals surface area contributed by atoms with Crippen molar-refractivity contribution in [1.82, 2.24) is 24.3 Å². The second kappa shape index (κ2) is 10.7. The topological polar surface area (TPSA) is 275 Å². The van der Waals surface area contributed by atoms with E-state index in [4.69, 9.17) is 31.2 Å². The molecule has 0 saturated carbocycles. The van der Waals surface area contributed by atoms with Gasteiger partial charge in [0, 0.05) is 0 Å². The monoisotopic (exact) mass is 505 g/mol. The predicted octanol–water partition coefficient (Wildman–Crippen LogP) is -5.59. The fraction of sp³-hybridized carbons (Fsp3) is 0.588. The van der Waals surface area contributed by atoms with Crippen LogP contribution in [0.15, 0.2) is 22.0 Å². The molecule has 0 aliphatic carbocycles. The van der Waals surface area contributed by atoms with Crippen molar-refractivity contribution in [3.8, 4) is 0 Å². The Labute approximate surface area is 194 Å². The van der Waals surface area contributed by atoms with Crippen LogP contribution >= 0.6 is 0 Å². The number of hydrogen-bond donors (Lipinski definition) is 8. The number of ether oxygens (including phenoxy) is 2. The van der Waals surface area contributed by atoms with Gasteiger partial charge in [-0.3, -0.25) is 4.57 Å². The normalized spacial score (nSPS) is 32.3. The summed E-state index contributed by atoms with van der Waals surface area (Å²) in [5.74, 6) is -1.58. The zero-order valence-electron chi connectivity index (χ0n) is 17.8. The molecule has 0 bridgehead atoms. The minimum Gasteiger partial charge on any atom is -0.394 e. The Balaban J connectivity index is 0.000000196. The molecular weight excluding hydrogens is 481 g/mol. The summed E-state index contributed by atoms with van der Waals surface area (Å²) in [5, 5.41) is 59.8. The molecule has 17 nitrogen and oxygen atoms in total. The molecule has 10 N–H and O–H groups in total. The lowest BCUT2D eigenvalue weighted by atomic mass is 10.1. The van der Waals surface area contributed by atoms with Crippen molar-refractivity contribution < 1.29 is 44.5 Å². The van der Waals surface area contributed by atoms with Gasteiger partial charge in [-0.2, -0.15) is 19.7 Å². The van der Waals surface area contributed by atoms with E-state index in [0.717, 1.165) is 17.1 Å². The summed E-state index contributed by atoms with van der Waals surface area (Å²) >= 11 is 0. The van der Waals surface area contributed by atoms with Crippen LogP contribution in [0.2, 0.25) is 0 Å². The van der Waals surface area contributed by atoms with E-state index in [1.807, 2.05) is 0 Å². The van der Waals surface area contributed by atoms with Crippen LogP contribution < -0.4 is 22.8 Å². The lowest BCUT2D eigenvalue weighted by Gasteiger charge is -2.17. The van der Waals surface area contributed by atoms with E-state index >= 15 is 0 Å². The molecule has 2 fully saturated rings. The van der Waals surface area contributed by atoms with Gasteiger partial charge in [-0.15, -0.1) is 0 Å². The van der Waals surface area contributed by atoms with Crippen LogP contribution in [0.25, 0.3) is 0 Å². The number of aliphatic hydroxyl groups is 6. The number of nitrogens with two attached hydrogens (primary N) is 2. The van der Waals surface area contributed by atoms with E-state index in [-0.39, 0.29) is 5.82 Å². The highest BCUT2D eigenvalue weighted by Gasteiger charge is 2.45. The first-order valence-corrected chi connectivity index (χ1v) is 10.0. The standard InChI is InChI=1S/C9H12FN3O5.C8H12N4O5/c10-3-1-13(9(17)12-7(3)11)8-6(16)5(15)4(2-14)18-8;9-4-1-10-12(8(16)11-4)7-6(15)5(14)3(2-13)17-7/h1,4-6,8,14-16H,2H2,(H2,11,12,17);1,3,5-7,13-15H,2H2,(H2,9,11,16)/t4-,5-,6-,8-;3-,5-,6-,7-/m11/s1. The van der Waals surface area contributed by atoms with Crippen LogP contribution in [0.1, 0.15) is 12.5 Å². The van der Waals surface area contributed by atoms with Crippen LogP contribution in [0, 0.1) is 5.82 Å². The minimum absolute atomic E-state index is 0.0574. The van der Waals surface area contributed by atoms with Crippen molar-refractivity contribution in [2.24, 2.45) is 0 Å². The van der Waals surface area contributed by atoms with Crippen LogP contribution in [0.3, 0.4) is 0 Å². The summed E-state index contributed by atoms with van der Waals surface area (Å²) < 4.78 is 24.8. The third-order valence-electron chi connectivity index (χ3n) is 5.22. The number of aromatic nitrogens is 5. The molecule has 2 aromatic rings. The van der Waals surface area contributed by atoms with Gasteiger partial charge in [0.15, 0.2) is 24.1 Å². The molecule has 2 aromatic heterocycles. The van der Waals surface area contributed by atoms with E-state index in [9.17, 15) is 34.4 Å². The van der Waals surface area contributed by atoms with Crippen molar-refractivity contribution in [1.29, 1.82) is 0 Å². The zero-order valence-corrected chi connectivity index (χ0v) is 17.8. The summed E-state index contributed by atoms with van der Waals surface area (Å²) in [7, 11) is 0. The van der Waals surface area contributed by atoms with E-state index in [1.165, 1.54) is 0 Å². The van der Waals surface area contributed by atoms with Crippen LogP contribution in [-0.2, 0) is 9.47 Å². The van der Waals surface area contributed by atoms with Gasteiger partial charge in [-0.05, 0) is 0 Å². The Morgan fingerprint density at radius 1 is 0.886 bits per heavy atom. The van der Waals surface area contributed by atoms with Crippen LogP contribution in [-0.4, -0.2) is 105 Å². The Morgan fingerprint density at radius 2 is 1.43 bits per heavy atom. The molecular formula is C17H24FN7O10.